The fourth-order valence-corrected chi connectivity index (χ4v) is 2.44. The van der Waals surface area contributed by atoms with Crippen molar-refractivity contribution >= 4 is 0 Å². The van der Waals surface area contributed by atoms with Crippen LogP contribution in [0.25, 0.3) is 0 Å². The van der Waals surface area contributed by atoms with Gasteiger partial charge in [0.1, 0.15) is 5.82 Å². The van der Waals surface area contributed by atoms with Crippen molar-refractivity contribution in [2.24, 2.45) is 0 Å². The SMILES string of the molecule is OC1CCCCC1NCCc1cccc(F)c1. The Bertz CT molecular complexity index is 356. The number of rotatable bonds is 4. The first-order valence-electron chi connectivity index (χ1n) is 6.41. The summed E-state index contributed by atoms with van der Waals surface area (Å²) < 4.78 is 13.0. The van der Waals surface area contributed by atoms with Gasteiger partial charge in [-0.2, -0.15) is 0 Å². The lowest BCUT2D eigenvalue weighted by Gasteiger charge is -2.28. The minimum Gasteiger partial charge on any atom is -0.392 e. The Balaban J connectivity index is 1.75. The number of benzene rings is 1. The number of hydrogen-bond donors (Lipinski definition) is 2. The Morgan fingerprint density at radius 3 is 2.88 bits per heavy atom. The van der Waals surface area contributed by atoms with Gasteiger partial charge < -0.3 is 10.4 Å². The second-order valence-electron chi connectivity index (χ2n) is 4.79. The molecular formula is C14H20FNO. The highest BCUT2D eigenvalue weighted by Crippen LogP contribution is 2.18. The molecule has 1 fully saturated rings. The first-order valence-corrected chi connectivity index (χ1v) is 6.41. The minimum atomic E-state index is -0.212. The Labute approximate surface area is 102 Å². The maximum Gasteiger partial charge on any atom is 0.123 e. The van der Waals surface area contributed by atoms with Crippen LogP contribution in [0.15, 0.2) is 24.3 Å². The molecule has 0 saturated heterocycles. The Hall–Kier alpha value is -0.930. The van der Waals surface area contributed by atoms with Gasteiger partial charge in [-0.05, 0) is 43.5 Å². The predicted octanol–water partition coefficient (Wildman–Crippen LogP) is 2.26. The van der Waals surface area contributed by atoms with Crippen molar-refractivity contribution in [1.82, 2.24) is 5.32 Å². The van der Waals surface area contributed by atoms with E-state index < -0.39 is 0 Å². The highest BCUT2D eigenvalue weighted by molar-refractivity contribution is 5.16. The molecule has 3 heteroatoms. The first kappa shape index (κ1) is 12.5. The summed E-state index contributed by atoms with van der Waals surface area (Å²) in [6, 6.07) is 6.92. The molecule has 1 aliphatic carbocycles. The van der Waals surface area contributed by atoms with E-state index in [9.17, 15) is 9.50 Å². The van der Waals surface area contributed by atoms with Gasteiger partial charge in [-0.25, -0.2) is 4.39 Å². The maximum absolute atomic E-state index is 13.0. The molecule has 1 aliphatic rings. The van der Waals surface area contributed by atoms with Gasteiger partial charge in [-0.3, -0.25) is 0 Å². The third kappa shape index (κ3) is 3.79. The molecule has 0 radical (unpaired) electrons. The molecule has 2 N–H and O–H groups in total. The van der Waals surface area contributed by atoms with Gasteiger partial charge in [0, 0.05) is 6.04 Å². The quantitative estimate of drug-likeness (QED) is 0.842. The van der Waals surface area contributed by atoms with Gasteiger partial charge in [0.2, 0.25) is 0 Å². The van der Waals surface area contributed by atoms with E-state index in [2.05, 4.69) is 5.32 Å². The summed E-state index contributed by atoms with van der Waals surface area (Å²) in [5.41, 5.74) is 1.00. The van der Waals surface area contributed by atoms with Gasteiger partial charge in [-0.15, -0.1) is 0 Å². The van der Waals surface area contributed by atoms with Crippen LogP contribution in [-0.4, -0.2) is 23.8 Å². The monoisotopic (exact) mass is 237 g/mol. The van der Waals surface area contributed by atoms with Crippen molar-refractivity contribution in [1.29, 1.82) is 0 Å². The van der Waals surface area contributed by atoms with E-state index in [0.29, 0.717) is 0 Å². The van der Waals surface area contributed by atoms with Crippen LogP contribution in [0.1, 0.15) is 31.2 Å². The van der Waals surface area contributed by atoms with Crippen LogP contribution in [0.3, 0.4) is 0 Å². The average molecular weight is 237 g/mol. The standard InChI is InChI=1S/C14H20FNO/c15-12-5-3-4-11(10-12)8-9-16-13-6-1-2-7-14(13)17/h3-5,10,13-14,16-17H,1-2,6-9H2. The van der Waals surface area contributed by atoms with E-state index in [-0.39, 0.29) is 18.0 Å². The summed E-state index contributed by atoms with van der Waals surface area (Å²) in [4.78, 5) is 0. The van der Waals surface area contributed by atoms with Crippen molar-refractivity contribution in [3.63, 3.8) is 0 Å². The molecule has 0 aliphatic heterocycles. The zero-order chi connectivity index (χ0) is 12.1. The normalized spacial score (nSPS) is 24.8. The zero-order valence-corrected chi connectivity index (χ0v) is 10.0. The van der Waals surface area contributed by atoms with Gasteiger partial charge in [0.15, 0.2) is 0 Å². The lowest BCUT2D eigenvalue weighted by molar-refractivity contribution is 0.0914. The van der Waals surface area contributed by atoms with Crippen molar-refractivity contribution in [2.45, 2.75) is 44.2 Å². The molecule has 2 atom stereocenters. The van der Waals surface area contributed by atoms with E-state index >= 15 is 0 Å². The molecule has 0 aromatic heterocycles. The summed E-state index contributed by atoms with van der Waals surface area (Å²) in [5.74, 6) is -0.180. The van der Waals surface area contributed by atoms with Gasteiger partial charge in [0.05, 0.1) is 6.10 Å². The molecule has 17 heavy (non-hydrogen) atoms. The van der Waals surface area contributed by atoms with Gasteiger partial charge in [0.25, 0.3) is 0 Å². The second kappa shape index (κ2) is 6.12. The lowest BCUT2D eigenvalue weighted by atomic mass is 9.92. The van der Waals surface area contributed by atoms with Crippen LogP contribution in [0, 0.1) is 5.82 Å². The molecule has 94 valence electrons. The molecule has 0 spiro atoms. The van der Waals surface area contributed by atoms with E-state index in [1.165, 1.54) is 12.5 Å². The highest BCUT2D eigenvalue weighted by atomic mass is 19.1. The first-order chi connectivity index (χ1) is 8.25. The van der Waals surface area contributed by atoms with Crippen LogP contribution < -0.4 is 5.32 Å². The largest absolute Gasteiger partial charge is 0.392 e. The fourth-order valence-electron chi connectivity index (χ4n) is 2.44. The third-order valence-corrected chi connectivity index (χ3v) is 3.44. The van der Waals surface area contributed by atoms with Crippen LogP contribution in [0.5, 0.6) is 0 Å². The summed E-state index contributed by atoms with van der Waals surface area (Å²) in [5, 5.41) is 13.2. The Morgan fingerprint density at radius 2 is 2.12 bits per heavy atom. The summed E-state index contributed by atoms with van der Waals surface area (Å²) in [6.07, 6.45) is 4.86. The van der Waals surface area contributed by atoms with Crippen LogP contribution in [0.4, 0.5) is 4.39 Å². The number of aliphatic hydroxyl groups excluding tert-OH is 1. The minimum absolute atomic E-state index is 0.180. The van der Waals surface area contributed by atoms with Crippen molar-refractivity contribution in [2.75, 3.05) is 6.54 Å². The Kier molecular flexibility index (Phi) is 4.51. The number of hydrogen-bond acceptors (Lipinski definition) is 2. The number of halogens is 1. The molecule has 2 nitrogen and oxygen atoms in total. The van der Waals surface area contributed by atoms with Gasteiger partial charge >= 0.3 is 0 Å². The summed E-state index contributed by atoms with van der Waals surface area (Å²) in [6.45, 7) is 0.797. The van der Waals surface area contributed by atoms with Crippen molar-refractivity contribution < 1.29 is 9.50 Å². The fraction of sp³-hybridized carbons (Fsp3) is 0.571. The number of aliphatic hydroxyl groups is 1. The third-order valence-electron chi connectivity index (χ3n) is 3.44. The van der Waals surface area contributed by atoms with Crippen LogP contribution in [0.2, 0.25) is 0 Å². The molecule has 1 aromatic rings. The van der Waals surface area contributed by atoms with E-state index in [4.69, 9.17) is 0 Å². The average Bonchev–Trinajstić information content (AvgIpc) is 2.32. The topological polar surface area (TPSA) is 32.3 Å². The van der Waals surface area contributed by atoms with Gasteiger partial charge in [-0.1, -0.05) is 25.0 Å². The zero-order valence-electron chi connectivity index (χ0n) is 10.0. The second-order valence-corrected chi connectivity index (χ2v) is 4.79. The molecule has 0 bridgehead atoms. The smallest absolute Gasteiger partial charge is 0.123 e. The van der Waals surface area contributed by atoms with Crippen LogP contribution >= 0.6 is 0 Å². The van der Waals surface area contributed by atoms with E-state index in [1.807, 2.05) is 6.07 Å². The highest BCUT2D eigenvalue weighted by Gasteiger charge is 2.21. The van der Waals surface area contributed by atoms with E-state index in [0.717, 1.165) is 37.8 Å². The molecule has 1 aromatic carbocycles. The van der Waals surface area contributed by atoms with Crippen molar-refractivity contribution in [3.05, 3.63) is 35.6 Å². The lowest BCUT2D eigenvalue weighted by Crippen LogP contribution is -2.42. The molecule has 0 heterocycles. The van der Waals surface area contributed by atoms with Crippen LogP contribution in [-0.2, 0) is 6.42 Å². The molecule has 2 unspecified atom stereocenters. The Morgan fingerprint density at radius 1 is 1.29 bits per heavy atom. The molecule has 1 saturated carbocycles. The summed E-state index contributed by atoms with van der Waals surface area (Å²) >= 11 is 0. The predicted molar refractivity (Wildman–Crippen MR) is 66.4 cm³/mol. The molecular weight excluding hydrogens is 217 g/mol. The molecule has 0 amide bonds. The number of nitrogens with one attached hydrogen (secondary N) is 1. The van der Waals surface area contributed by atoms with Crippen molar-refractivity contribution in [3.8, 4) is 0 Å². The summed E-state index contributed by atoms with van der Waals surface area (Å²) in [7, 11) is 0. The maximum atomic E-state index is 13.0. The molecule has 2 rings (SSSR count). The van der Waals surface area contributed by atoms with E-state index in [1.54, 1.807) is 12.1 Å².